The number of benzene rings is 1. The number of rotatable bonds is 5. The van der Waals surface area contributed by atoms with Crippen LogP contribution in [0.4, 0.5) is 0 Å². The Morgan fingerprint density at radius 1 is 1.00 bits per heavy atom. The van der Waals surface area contributed by atoms with E-state index in [-0.39, 0.29) is 0 Å². The van der Waals surface area contributed by atoms with Crippen LogP contribution in [0.1, 0.15) is 63.5 Å². The van der Waals surface area contributed by atoms with Crippen molar-refractivity contribution >= 4 is 0 Å². The van der Waals surface area contributed by atoms with E-state index in [4.69, 9.17) is 0 Å². The molecule has 0 atom stereocenters. The van der Waals surface area contributed by atoms with E-state index in [0.29, 0.717) is 5.41 Å². The Bertz CT molecular complexity index is 383. The van der Waals surface area contributed by atoms with Gasteiger partial charge in [-0.1, -0.05) is 69.4 Å². The minimum Gasteiger partial charge on any atom is -0.316 e. The number of aryl methyl sites for hydroxylation is 1. The first-order chi connectivity index (χ1) is 9.62. The summed E-state index contributed by atoms with van der Waals surface area (Å²) in [5.41, 5.74) is 3.30. The fourth-order valence-corrected chi connectivity index (χ4v) is 3.48. The molecule has 0 unspecified atom stereocenters. The molecule has 1 fully saturated rings. The van der Waals surface area contributed by atoms with Gasteiger partial charge in [0.1, 0.15) is 0 Å². The maximum atomic E-state index is 3.74. The molecule has 1 aliphatic rings. The van der Waals surface area contributed by atoms with Gasteiger partial charge in [0.2, 0.25) is 0 Å². The molecule has 20 heavy (non-hydrogen) atoms. The highest BCUT2D eigenvalue weighted by atomic mass is 14.9. The zero-order valence-electron chi connectivity index (χ0n) is 13.5. The van der Waals surface area contributed by atoms with E-state index >= 15 is 0 Å². The van der Waals surface area contributed by atoms with Crippen LogP contribution in [0.25, 0.3) is 0 Å². The zero-order chi connectivity index (χ0) is 14.4. The summed E-state index contributed by atoms with van der Waals surface area (Å²) in [6.45, 7) is 9.04. The van der Waals surface area contributed by atoms with E-state index in [0.717, 1.165) is 19.0 Å². The third-order valence-electron chi connectivity index (χ3n) is 4.74. The van der Waals surface area contributed by atoms with Crippen molar-refractivity contribution in [3.05, 3.63) is 35.4 Å². The third kappa shape index (κ3) is 4.09. The van der Waals surface area contributed by atoms with Gasteiger partial charge in [0.05, 0.1) is 0 Å². The van der Waals surface area contributed by atoms with Gasteiger partial charge in [0, 0.05) is 12.0 Å². The van der Waals surface area contributed by atoms with Crippen molar-refractivity contribution in [3.8, 4) is 0 Å². The summed E-state index contributed by atoms with van der Waals surface area (Å²) in [5.74, 6) is 0.732. The van der Waals surface area contributed by atoms with Crippen LogP contribution < -0.4 is 5.32 Å². The van der Waals surface area contributed by atoms with E-state index < -0.39 is 0 Å². The minimum atomic E-state index is 0.374. The average Bonchev–Trinajstić information content (AvgIpc) is 2.66. The van der Waals surface area contributed by atoms with E-state index in [1.165, 1.54) is 44.1 Å². The lowest BCUT2D eigenvalue weighted by Crippen LogP contribution is -2.39. The molecule has 0 bridgehead atoms. The predicted octanol–water partition coefficient (Wildman–Crippen LogP) is 4.83. The second-order valence-corrected chi connectivity index (χ2v) is 7.09. The smallest absolute Gasteiger partial charge is 0.00777 e. The highest BCUT2D eigenvalue weighted by Crippen LogP contribution is 2.38. The molecule has 0 spiro atoms. The van der Waals surface area contributed by atoms with E-state index in [1.54, 1.807) is 5.56 Å². The Morgan fingerprint density at radius 3 is 2.15 bits per heavy atom. The van der Waals surface area contributed by atoms with Crippen LogP contribution in [-0.2, 0) is 5.41 Å². The van der Waals surface area contributed by atoms with Crippen molar-refractivity contribution in [2.45, 2.75) is 64.7 Å². The Balaban J connectivity index is 2.15. The standard InChI is InChI=1S/C19H31N/c1-16(2)14-20-15-19(12-6-4-5-7-13-19)18-10-8-17(3)9-11-18/h8-11,16,20H,4-7,12-15H2,1-3H3. The molecular weight excluding hydrogens is 242 g/mol. The molecule has 0 amide bonds. The minimum absolute atomic E-state index is 0.374. The van der Waals surface area contributed by atoms with Gasteiger partial charge < -0.3 is 5.32 Å². The van der Waals surface area contributed by atoms with E-state index in [2.05, 4.69) is 50.4 Å². The first kappa shape index (κ1) is 15.6. The fraction of sp³-hybridized carbons (Fsp3) is 0.684. The van der Waals surface area contributed by atoms with Crippen LogP contribution >= 0.6 is 0 Å². The SMILES string of the molecule is Cc1ccc(C2(CNCC(C)C)CCCCCC2)cc1. The fourth-order valence-electron chi connectivity index (χ4n) is 3.48. The summed E-state index contributed by atoms with van der Waals surface area (Å²) in [6.07, 6.45) is 8.30. The quantitative estimate of drug-likeness (QED) is 0.757. The summed E-state index contributed by atoms with van der Waals surface area (Å²) in [6, 6.07) is 9.31. The Kier molecular flexibility index (Phi) is 5.65. The molecule has 2 rings (SSSR count). The molecule has 1 aromatic rings. The van der Waals surface area contributed by atoms with Crippen molar-refractivity contribution < 1.29 is 0 Å². The largest absolute Gasteiger partial charge is 0.316 e. The first-order valence-electron chi connectivity index (χ1n) is 8.40. The average molecular weight is 273 g/mol. The molecule has 0 radical (unpaired) electrons. The Labute approximate surface area is 125 Å². The summed E-state index contributed by atoms with van der Waals surface area (Å²) < 4.78 is 0. The third-order valence-corrected chi connectivity index (χ3v) is 4.74. The summed E-state index contributed by atoms with van der Waals surface area (Å²) in [5, 5.41) is 3.74. The topological polar surface area (TPSA) is 12.0 Å². The van der Waals surface area contributed by atoms with Crippen molar-refractivity contribution in [3.63, 3.8) is 0 Å². The molecule has 1 N–H and O–H groups in total. The van der Waals surface area contributed by atoms with E-state index in [1.807, 2.05) is 0 Å². The lowest BCUT2D eigenvalue weighted by Gasteiger charge is -2.34. The van der Waals surface area contributed by atoms with Gasteiger partial charge in [0.15, 0.2) is 0 Å². The van der Waals surface area contributed by atoms with Crippen molar-refractivity contribution in [1.29, 1.82) is 0 Å². The molecule has 0 aromatic heterocycles. The highest BCUT2D eigenvalue weighted by molar-refractivity contribution is 5.29. The van der Waals surface area contributed by atoms with Gasteiger partial charge in [-0.15, -0.1) is 0 Å². The molecule has 1 saturated carbocycles. The maximum Gasteiger partial charge on any atom is 0.00777 e. The molecule has 1 nitrogen and oxygen atoms in total. The van der Waals surface area contributed by atoms with Crippen LogP contribution in [0.2, 0.25) is 0 Å². The van der Waals surface area contributed by atoms with Crippen LogP contribution in [0, 0.1) is 12.8 Å². The summed E-state index contributed by atoms with van der Waals surface area (Å²) >= 11 is 0. The molecule has 0 aliphatic heterocycles. The van der Waals surface area contributed by atoms with Gasteiger partial charge in [-0.25, -0.2) is 0 Å². The molecule has 0 heterocycles. The highest BCUT2D eigenvalue weighted by Gasteiger charge is 2.32. The lowest BCUT2D eigenvalue weighted by molar-refractivity contribution is 0.339. The molecule has 0 saturated heterocycles. The molecule has 1 aromatic carbocycles. The molecule has 1 aliphatic carbocycles. The molecule has 1 heteroatoms. The molecular formula is C19H31N. The monoisotopic (exact) mass is 273 g/mol. The number of hydrogen-bond acceptors (Lipinski definition) is 1. The second kappa shape index (κ2) is 7.26. The van der Waals surface area contributed by atoms with E-state index in [9.17, 15) is 0 Å². The van der Waals surface area contributed by atoms with Crippen molar-refractivity contribution in [1.82, 2.24) is 5.32 Å². The summed E-state index contributed by atoms with van der Waals surface area (Å²) in [4.78, 5) is 0. The first-order valence-corrected chi connectivity index (χ1v) is 8.40. The van der Waals surface area contributed by atoms with Crippen LogP contribution in [0.5, 0.6) is 0 Å². The Morgan fingerprint density at radius 2 is 1.60 bits per heavy atom. The van der Waals surface area contributed by atoms with Crippen LogP contribution in [0.15, 0.2) is 24.3 Å². The predicted molar refractivity (Wildman–Crippen MR) is 88.3 cm³/mol. The number of hydrogen-bond donors (Lipinski definition) is 1. The van der Waals surface area contributed by atoms with Crippen molar-refractivity contribution in [2.75, 3.05) is 13.1 Å². The summed E-state index contributed by atoms with van der Waals surface area (Å²) in [7, 11) is 0. The van der Waals surface area contributed by atoms with Crippen molar-refractivity contribution in [2.24, 2.45) is 5.92 Å². The number of nitrogens with one attached hydrogen (secondary N) is 1. The second-order valence-electron chi connectivity index (χ2n) is 7.09. The van der Waals surface area contributed by atoms with Crippen LogP contribution in [-0.4, -0.2) is 13.1 Å². The lowest BCUT2D eigenvalue weighted by atomic mass is 9.74. The van der Waals surface area contributed by atoms with Gasteiger partial charge in [0.25, 0.3) is 0 Å². The zero-order valence-corrected chi connectivity index (χ0v) is 13.5. The maximum absolute atomic E-state index is 3.74. The normalized spacial score (nSPS) is 19.0. The van der Waals surface area contributed by atoms with Gasteiger partial charge >= 0.3 is 0 Å². The van der Waals surface area contributed by atoms with Gasteiger partial charge in [-0.05, 0) is 37.8 Å². The van der Waals surface area contributed by atoms with Gasteiger partial charge in [-0.3, -0.25) is 0 Å². The molecule has 112 valence electrons. The van der Waals surface area contributed by atoms with Crippen LogP contribution in [0.3, 0.4) is 0 Å². The Hall–Kier alpha value is -0.820. The van der Waals surface area contributed by atoms with Gasteiger partial charge in [-0.2, -0.15) is 0 Å².